The van der Waals surface area contributed by atoms with Crippen LogP contribution in [0, 0.1) is 6.92 Å². The van der Waals surface area contributed by atoms with Crippen LogP contribution in [0.25, 0.3) is 11.2 Å². The SMILES string of the molecule is Cc1nc(N)c2c(n1)n(Cc1ccc(Cl)cc1)c(=O)n2S. The molecule has 2 N–H and O–H groups in total. The number of nitrogens with two attached hydrogens (primary N) is 1. The molecule has 3 rings (SSSR count). The van der Waals surface area contributed by atoms with Gasteiger partial charge in [0.2, 0.25) is 0 Å². The summed E-state index contributed by atoms with van der Waals surface area (Å²) in [5.41, 5.74) is 7.37. The quantitative estimate of drug-likeness (QED) is 0.706. The molecule has 2 aromatic heterocycles. The predicted octanol–water partition coefficient (Wildman–Crippen LogP) is 1.88. The van der Waals surface area contributed by atoms with Gasteiger partial charge in [0.05, 0.1) is 6.54 Å². The van der Waals surface area contributed by atoms with Crippen LogP contribution in [0.4, 0.5) is 5.82 Å². The van der Waals surface area contributed by atoms with Gasteiger partial charge in [-0.2, -0.15) is 0 Å². The molecule has 6 nitrogen and oxygen atoms in total. The number of hydrogen-bond donors (Lipinski definition) is 2. The third kappa shape index (κ3) is 2.38. The second-order valence-corrected chi connectivity index (χ2v) is 5.47. The van der Waals surface area contributed by atoms with Gasteiger partial charge in [0.15, 0.2) is 11.5 Å². The van der Waals surface area contributed by atoms with E-state index >= 15 is 0 Å². The Morgan fingerprint density at radius 1 is 1.29 bits per heavy atom. The third-order valence-electron chi connectivity index (χ3n) is 3.14. The Bertz CT molecular complexity index is 884. The van der Waals surface area contributed by atoms with Crippen molar-refractivity contribution in [2.75, 3.05) is 5.73 Å². The van der Waals surface area contributed by atoms with E-state index in [0.29, 0.717) is 28.6 Å². The van der Waals surface area contributed by atoms with Crippen LogP contribution in [-0.4, -0.2) is 18.5 Å². The average Bonchev–Trinajstić information content (AvgIpc) is 2.66. The molecule has 21 heavy (non-hydrogen) atoms. The highest BCUT2D eigenvalue weighted by molar-refractivity contribution is 7.78. The van der Waals surface area contributed by atoms with E-state index in [-0.39, 0.29) is 11.5 Å². The minimum Gasteiger partial charge on any atom is -0.382 e. The van der Waals surface area contributed by atoms with E-state index in [1.807, 2.05) is 12.1 Å². The van der Waals surface area contributed by atoms with Crippen LogP contribution in [-0.2, 0) is 6.54 Å². The molecule has 0 atom stereocenters. The smallest absolute Gasteiger partial charge is 0.340 e. The minimum absolute atomic E-state index is 0.236. The summed E-state index contributed by atoms with van der Waals surface area (Å²) in [5, 5.41) is 0.644. The summed E-state index contributed by atoms with van der Waals surface area (Å²) in [6.07, 6.45) is 0. The molecule has 0 saturated carbocycles. The molecule has 0 amide bonds. The number of rotatable bonds is 2. The zero-order chi connectivity index (χ0) is 15.1. The Labute approximate surface area is 130 Å². The Morgan fingerprint density at radius 3 is 2.62 bits per heavy atom. The third-order valence-corrected chi connectivity index (χ3v) is 3.76. The van der Waals surface area contributed by atoms with E-state index in [4.69, 9.17) is 17.3 Å². The lowest BCUT2D eigenvalue weighted by Crippen LogP contribution is -2.21. The van der Waals surface area contributed by atoms with Gasteiger partial charge in [-0.3, -0.25) is 4.57 Å². The van der Waals surface area contributed by atoms with Crippen molar-refractivity contribution < 1.29 is 0 Å². The first-order valence-corrected chi connectivity index (χ1v) is 6.94. The van der Waals surface area contributed by atoms with Crippen molar-refractivity contribution in [2.24, 2.45) is 0 Å². The standard InChI is InChI=1S/C13H12ClN5OS/c1-7-16-11(15)10-12(17-7)18(13(20)19(10)21)6-8-2-4-9(14)5-3-8/h2-5,21H,6H2,1H3,(H2,15,16,17). The molecule has 0 aliphatic rings. The van der Waals surface area contributed by atoms with Gasteiger partial charge in [-0.05, 0) is 24.6 Å². The summed E-state index contributed by atoms with van der Waals surface area (Å²) in [4.78, 5) is 20.7. The van der Waals surface area contributed by atoms with Crippen LogP contribution in [0.1, 0.15) is 11.4 Å². The van der Waals surface area contributed by atoms with Crippen LogP contribution < -0.4 is 11.4 Å². The fourth-order valence-electron chi connectivity index (χ4n) is 2.18. The lowest BCUT2D eigenvalue weighted by Gasteiger charge is -2.04. The molecular formula is C13H12ClN5OS. The number of anilines is 1. The van der Waals surface area contributed by atoms with E-state index in [2.05, 4.69) is 22.8 Å². The van der Waals surface area contributed by atoms with Crippen molar-refractivity contribution >= 4 is 41.4 Å². The number of aromatic nitrogens is 4. The second-order valence-electron chi connectivity index (χ2n) is 4.64. The largest absolute Gasteiger partial charge is 0.382 e. The molecule has 8 heteroatoms. The van der Waals surface area contributed by atoms with Gasteiger partial charge in [0, 0.05) is 5.02 Å². The number of hydrogen-bond acceptors (Lipinski definition) is 5. The number of nitrogens with zero attached hydrogens (tertiary/aromatic N) is 4. The zero-order valence-corrected chi connectivity index (χ0v) is 12.8. The molecule has 2 heterocycles. The molecule has 0 aliphatic heterocycles. The highest BCUT2D eigenvalue weighted by Crippen LogP contribution is 2.19. The van der Waals surface area contributed by atoms with Crippen molar-refractivity contribution in [3.05, 3.63) is 51.2 Å². The van der Waals surface area contributed by atoms with Crippen molar-refractivity contribution in [3.8, 4) is 0 Å². The van der Waals surface area contributed by atoms with Crippen molar-refractivity contribution in [1.29, 1.82) is 0 Å². The van der Waals surface area contributed by atoms with Crippen molar-refractivity contribution in [1.82, 2.24) is 18.5 Å². The maximum atomic E-state index is 12.3. The maximum absolute atomic E-state index is 12.3. The summed E-state index contributed by atoms with van der Waals surface area (Å²) in [6.45, 7) is 2.08. The fraction of sp³-hybridized carbons (Fsp3) is 0.154. The monoisotopic (exact) mass is 321 g/mol. The van der Waals surface area contributed by atoms with E-state index in [1.165, 1.54) is 8.54 Å². The highest BCUT2D eigenvalue weighted by atomic mass is 35.5. The summed E-state index contributed by atoms with van der Waals surface area (Å²) in [7, 11) is 0. The van der Waals surface area contributed by atoms with Gasteiger partial charge in [-0.1, -0.05) is 36.5 Å². The summed E-state index contributed by atoms with van der Waals surface area (Å²) >= 11 is 10.0. The molecule has 0 unspecified atom stereocenters. The molecule has 0 aliphatic carbocycles. The predicted molar refractivity (Wildman–Crippen MR) is 85.9 cm³/mol. The van der Waals surface area contributed by atoms with Crippen molar-refractivity contribution in [3.63, 3.8) is 0 Å². The fourth-order valence-corrected chi connectivity index (χ4v) is 2.61. The first-order valence-electron chi connectivity index (χ1n) is 6.16. The number of fused-ring (bicyclic) bond motifs is 1. The van der Waals surface area contributed by atoms with Gasteiger partial charge in [0.1, 0.15) is 11.3 Å². The van der Waals surface area contributed by atoms with Gasteiger partial charge in [-0.15, -0.1) is 0 Å². The van der Waals surface area contributed by atoms with Crippen LogP contribution in [0.5, 0.6) is 0 Å². The number of aryl methyl sites for hydroxylation is 1. The van der Waals surface area contributed by atoms with Crippen LogP contribution >= 0.6 is 24.4 Å². The topological polar surface area (TPSA) is 78.7 Å². The molecule has 0 fully saturated rings. The molecule has 0 bridgehead atoms. The molecule has 0 radical (unpaired) electrons. The first-order chi connectivity index (χ1) is 9.97. The van der Waals surface area contributed by atoms with Crippen molar-refractivity contribution in [2.45, 2.75) is 13.5 Å². The van der Waals surface area contributed by atoms with E-state index in [1.54, 1.807) is 19.1 Å². The molecule has 3 aromatic rings. The first kappa shape index (κ1) is 14.0. The number of nitrogen functional groups attached to an aromatic ring is 1. The number of thiol groups is 1. The van der Waals surface area contributed by atoms with E-state index in [0.717, 1.165) is 5.56 Å². The van der Waals surface area contributed by atoms with Crippen LogP contribution in [0.15, 0.2) is 29.1 Å². The molecular weight excluding hydrogens is 310 g/mol. The summed E-state index contributed by atoms with van der Waals surface area (Å²) in [6, 6.07) is 7.26. The van der Waals surface area contributed by atoms with Crippen LogP contribution in [0.2, 0.25) is 5.02 Å². The maximum Gasteiger partial charge on any atom is 0.340 e. The highest BCUT2D eigenvalue weighted by Gasteiger charge is 2.17. The Balaban J connectivity index is 2.20. The number of benzene rings is 1. The Morgan fingerprint density at radius 2 is 1.95 bits per heavy atom. The molecule has 1 aromatic carbocycles. The summed E-state index contributed by atoms with van der Waals surface area (Å²) in [5.74, 6) is 0.739. The number of halogens is 1. The van der Waals surface area contributed by atoms with E-state index < -0.39 is 0 Å². The Hall–Kier alpha value is -1.99. The Kier molecular flexibility index (Phi) is 3.38. The zero-order valence-electron chi connectivity index (χ0n) is 11.1. The van der Waals surface area contributed by atoms with Gasteiger partial charge >= 0.3 is 5.69 Å². The summed E-state index contributed by atoms with van der Waals surface area (Å²) < 4.78 is 2.68. The van der Waals surface area contributed by atoms with Gasteiger partial charge < -0.3 is 5.73 Å². The average molecular weight is 322 g/mol. The molecule has 0 saturated heterocycles. The van der Waals surface area contributed by atoms with Gasteiger partial charge in [0.25, 0.3) is 0 Å². The lowest BCUT2D eigenvalue weighted by molar-refractivity contribution is 0.770. The molecule has 0 spiro atoms. The van der Waals surface area contributed by atoms with E-state index in [9.17, 15) is 4.79 Å². The molecule has 108 valence electrons. The lowest BCUT2D eigenvalue weighted by atomic mass is 10.2. The minimum atomic E-state index is -0.310. The van der Waals surface area contributed by atoms with Crippen LogP contribution in [0.3, 0.4) is 0 Å². The number of imidazole rings is 1. The normalized spacial score (nSPS) is 11.2. The van der Waals surface area contributed by atoms with Gasteiger partial charge in [-0.25, -0.2) is 18.7 Å². The second kappa shape index (κ2) is 5.09.